The van der Waals surface area contributed by atoms with E-state index in [1.54, 1.807) is 23.5 Å². The van der Waals surface area contributed by atoms with Crippen molar-refractivity contribution in [1.29, 1.82) is 0 Å². The average molecular weight is 350 g/mol. The van der Waals surface area contributed by atoms with Crippen LogP contribution in [0, 0.1) is 19.7 Å². The van der Waals surface area contributed by atoms with Gasteiger partial charge in [-0.15, -0.1) is 11.3 Å². The van der Waals surface area contributed by atoms with Crippen LogP contribution in [-0.4, -0.2) is 30.6 Å². The Morgan fingerprint density at radius 3 is 2.83 bits per heavy atom. The van der Waals surface area contributed by atoms with Gasteiger partial charge in [-0.2, -0.15) is 0 Å². The van der Waals surface area contributed by atoms with Crippen LogP contribution in [0.25, 0.3) is 0 Å². The van der Waals surface area contributed by atoms with Gasteiger partial charge in [0, 0.05) is 17.5 Å². The Balaban J connectivity index is 1.82. The molecule has 1 aromatic heterocycles. The van der Waals surface area contributed by atoms with Gasteiger partial charge >= 0.3 is 0 Å². The Bertz CT molecular complexity index is 687. The molecule has 5 nitrogen and oxygen atoms in total. The van der Waals surface area contributed by atoms with Crippen molar-refractivity contribution in [3.8, 4) is 5.75 Å². The molecule has 130 valence electrons. The third-order valence-corrected chi connectivity index (χ3v) is 4.24. The summed E-state index contributed by atoms with van der Waals surface area (Å²) in [6.45, 7) is 8.38. The van der Waals surface area contributed by atoms with Crippen molar-refractivity contribution in [2.75, 3.05) is 19.7 Å². The molecule has 0 unspecified atom stereocenters. The minimum absolute atomic E-state index is 0.300. The Kier molecular flexibility index (Phi) is 6.99. The summed E-state index contributed by atoms with van der Waals surface area (Å²) >= 11 is 1.67. The fourth-order valence-corrected chi connectivity index (χ4v) is 2.97. The molecule has 1 aromatic carbocycles. The number of ether oxygens (including phenoxy) is 1. The van der Waals surface area contributed by atoms with E-state index in [1.807, 2.05) is 20.8 Å². The van der Waals surface area contributed by atoms with Crippen LogP contribution >= 0.6 is 11.3 Å². The second kappa shape index (κ2) is 9.22. The molecule has 0 spiro atoms. The van der Waals surface area contributed by atoms with E-state index in [0.717, 1.165) is 23.2 Å². The number of guanidine groups is 1. The van der Waals surface area contributed by atoms with Crippen LogP contribution in [0.1, 0.15) is 22.5 Å². The van der Waals surface area contributed by atoms with Crippen molar-refractivity contribution >= 4 is 17.3 Å². The fraction of sp³-hybridized carbons (Fsp3) is 0.412. The highest BCUT2D eigenvalue weighted by Gasteiger charge is 2.05. The molecule has 0 saturated carbocycles. The van der Waals surface area contributed by atoms with Gasteiger partial charge in [-0.1, -0.05) is 6.07 Å². The third-order valence-electron chi connectivity index (χ3n) is 3.18. The molecule has 0 aliphatic rings. The maximum Gasteiger partial charge on any atom is 0.191 e. The Labute approximate surface area is 146 Å². The predicted molar refractivity (Wildman–Crippen MR) is 96.3 cm³/mol. The number of aryl methyl sites for hydroxylation is 2. The smallest absolute Gasteiger partial charge is 0.191 e. The lowest BCUT2D eigenvalue weighted by atomic mass is 10.3. The molecule has 0 amide bonds. The van der Waals surface area contributed by atoms with E-state index in [9.17, 15) is 4.39 Å². The first-order chi connectivity index (χ1) is 11.6. The van der Waals surface area contributed by atoms with Crippen molar-refractivity contribution in [1.82, 2.24) is 15.6 Å². The van der Waals surface area contributed by atoms with E-state index in [0.29, 0.717) is 25.4 Å². The first kappa shape index (κ1) is 18.2. The van der Waals surface area contributed by atoms with Gasteiger partial charge in [-0.05, 0) is 32.9 Å². The number of aliphatic imine (C=N–C) groups is 1. The maximum absolute atomic E-state index is 13.1. The molecule has 0 radical (unpaired) electrons. The second-order valence-corrected chi connectivity index (χ2v) is 6.46. The molecule has 0 aliphatic heterocycles. The van der Waals surface area contributed by atoms with Crippen LogP contribution in [0.4, 0.5) is 4.39 Å². The van der Waals surface area contributed by atoms with E-state index in [-0.39, 0.29) is 5.82 Å². The van der Waals surface area contributed by atoms with Gasteiger partial charge in [0.1, 0.15) is 18.2 Å². The molecule has 0 aliphatic carbocycles. The van der Waals surface area contributed by atoms with E-state index in [1.165, 1.54) is 17.0 Å². The number of benzene rings is 1. The highest BCUT2D eigenvalue weighted by Crippen LogP contribution is 2.17. The topological polar surface area (TPSA) is 58.5 Å². The van der Waals surface area contributed by atoms with Crippen LogP contribution in [0.2, 0.25) is 0 Å². The summed E-state index contributed by atoms with van der Waals surface area (Å²) in [7, 11) is 0. The monoisotopic (exact) mass is 350 g/mol. The lowest BCUT2D eigenvalue weighted by Crippen LogP contribution is -2.39. The summed E-state index contributed by atoms with van der Waals surface area (Å²) in [4.78, 5) is 10.1. The summed E-state index contributed by atoms with van der Waals surface area (Å²) in [5, 5.41) is 7.46. The first-order valence-corrected chi connectivity index (χ1v) is 8.73. The highest BCUT2D eigenvalue weighted by atomic mass is 32.1. The lowest BCUT2D eigenvalue weighted by Gasteiger charge is -2.12. The third kappa shape index (κ3) is 5.81. The van der Waals surface area contributed by atoms with E-state index >= 15 is 0 Å². The largest absolute Gasteiger partial charge is 0.492 e. The van der Waals surface area contributed by atoms with Gasteiger partial charge in [0.05, 0.1) is 23.8 Å². The molecule has 1 heterocycles. The SMILES string of the molecule is CCNC(=NCc1sc(C)nc1C)NCCOc1cccc(F)c1. The summed E-state index contributed by atoms with van der Waals surface area (Å²) in [5.74, 6) is 0.950. The van der Waals surface area contributed by atoms with Crippen molar-refractivity contribution in [3.05, 3.63) is 45.7 Å². The summed E-state index contributed by atoms with van der Waals surface area (Å²) in [5.41, 5.74) is 1.03. The molecule has 0 saturated heterocycles. The molecule has 0 bridgehead atoms. The zero-order valence-corrected chi connectivity index (χ0v) is 15.0. The molecule has 24 heavy (non-hydrogen) atoms. The second-order valence-electron chi connectivity index (χ2n) is 5.17. The van der Waals surface area contributed by atoms with E-state index in [2.05, 4.69) is 20.6 Å². The van der Waals surface area contributed by atoms with Crippen molar-refractivity contribution in [2.24, 2.45) is 4.99 Å². The number of halogens is 1. The van der Waals surface area contributed by atoms with Gasteiger partial charge in [0.2, 0.25) is 0 Å². The Morgan fingerprint density at radius 2 is 2.17 bits per heavy atom. The summed E-state index contributed by atoms with van der Waals surface area (Å²) in [6, 6.07) is 6.12. The normalized spacial score (nSPS) is 11.4. The quantitative estimate of drug-likeness (QED) is 0.458. The zero-order valence-electron chi connectivity index (χ0n) is 14.2. The summed E-state index contributed by atoms with van der Waals surface area (Å²) in [6.07, 6.45) is 0. The van der Waals surface area contributed by atoms with Crippen molar-refractivity contribution in [2.45, 2.75) is 27.3 Å². The molecule has 2 aromatic rings. The van der Waals surface area contributed by atoms with Crippen molar-refractivity contribution in [3.63, 3.8) is 0 Å². The highest BCUT2D eigenvalue weighted by molar-refractivity contribution is 7.11. The van der Waals surface area contributed by atoms with Gasteiger partial charge in [-0.25, -0.2) is 14.4 Å². The minimum atomic E-state index is -0.300. The van der Waals surface area contributed by atoms with E-state index < -0.39 is 0 Å². The molecule has 7 heteroatoms. The molecular formula is C17H23FN4OS. The van der Waals surface area contributed by atoms with Crippen LogP contribution in [0.3, 0.4) is 0 Å². The van der Waals surface area contributed by atoms with Gasteiger partial charge < -0.3 is 15.4 Å². The molecule has 2 rings (SSSR count). The molecular weight excluding hydrogens is 327 g/mol. The van der Waals surface area contributed by atoms with Crippen LogP contribution in [-0.2, 0) is 6.54 Å². The summed E-state index contributed by atoms with van der Waals surface area (Å²) < 4.78 is 18.6. The predicted octanol–water partition coefficient (Wildman–Crippen LogP) is 3.03. The first-order valence-electron chi connectivity index (χ1n) is 7.92. The average Bonchev–Trinajstić information content (AvgIpc) is 2.87. The van der Waals surface area contributed by atoms with Crippen molar-refractivity contribution < 1.29 is 9.13 Å². The van der Waals surface area contributed by atoms with Crippen LogP contribution < -0.4 is 15.4 Å². The van der Waals surface area contributed by atoms with Gasteiger partial charge in [-0.3, -0.25) is 0 Å². The van der Waals surface area contributed by atoms with E-state index in [4.69, 9.17) is 4.74 Å². The fourth-order valence-electron chi connectivity index (χ4n) is 2.11. The van der Waals surface area contributed by atoms with Gasteiger partial charge in [0.25, 0.3) is 0 Å². The molecule has 0 atom stereocenters. The number of hydrogen-bond acceptors (Lipinski definition) is 4. The van der Waals surface area contributed by atoms with Gasteiger partial charge in [0.15, 0.2) is 5.96 Å². The Hall–Kier alpha value is -2.15. The molecule has 0 fully saturated rings. The zero-order chi connectivity index (χ0) is 17.4. The number of hydrogen-bond donors (Lipinski definition) is 2. The standard InChI is InChI=1S/C17H23FN4OS/c1-4-19-17(21-11-16-12(2)22-13(3)24-16)20-8-9-23-15-7-5-6-14(18)10-15/h5-7,10H,4,8-9,11H2,1-3H3,(H2,19,20,21). The van der Waals surface area contributed by atoms with Crippen LogP contribution in [0.5, 0.6) is 5.75 Å². The number of rotatable bonds is 7. The lowest BCUT2D eigenvalue weighted by molar-refractivity contribution is 0.320. The van der Waals surface area contributed by atoms with Crippen LogP contribution in [0.15, 0.2) is 29.3 Å². The number of aromatic nitrogens is 1. The Morgan fingerprint density at radius 1 is 1.33 bits per heavy atom. The number of nitrogens with zero attached hydrogens (tertiary/aromatic N) is 2. The number of thiazole rings is 1. The molecule has 2 N–H and O–H groups in total. The number of nitrogens with one attached hydrogen (secondary N) is 2. The minimum Gasteiger partial charge on any atom is -0.492 e. The maximum atomic E-state index is 13.1.